The van der Waals surface area contributed by atoms with Gasteiger partial charge in [-0.3, -0.25) is 9.69 Å². The molecule has 3 atom stereocenters. The molecule has 1 aliphatic heterocycles. The molecule has 2 N–H and O–H groups in total. The van der Waals surface area contributed by atoms with E-state index in [-0.39, 0.29) is 54.2 Å². The Bertz CT molecular complexity index is 1380. The van der Waals surface area contributed by atoms with Gasteiger partial charge in [0, 0.05) is 18.2 Å². The zero-order chi connectivity index (χ0) is 29.9. The molecule has 14 heteroatoms. The molecule has 2 aliphatic rings. The van der Waals surface area contributed by atoms with Gasteiger partial charge >= 0.3 is 18.3 Å². The fraction of sp³-hybridized carbons (Fsp3) is 0.500. The van der Waals surface area contributed by atoms with Crippen LogP contribution in [0, 0.1) is 0 Å². The maximum absolute atomic E-state index is 14.3. The number of hydrogen-bond acceptors (Lipinski definition) is 7. The van der Waals surface area contributed by atoms with Gasteiger partial charge in [0.15, 0.2) is 9.84 Å². The number of carbonyl (C=O) groups is 1. The van der Waals surface area contributed by atoms with Crippen molar-refractivity contribution in [3.05, 3.63) is 59.2 Å². The summed E-state index contributed by atoms with van der Waals surface area (Å²) in [5.74, 6) is -0.828. The van der Waals surface area contributed by atoms with Crippen LogP contribution < -0.4 is 0 Å². The number of benzene rings is 2. The number of phenolic OH excluding ortho intramolecular Hbond substituents is 1. The van der Waals surface area contributed by atoms with Crippen molar-refractivity contribution in [3.8, 4) is 5.75 Å². The maximum Gasteiger partial charge on any atom is 0.430 e. The minimum absolute atomic E-state index is 0.00849. The molecular formula is C26H27F6NO6S. The van der Waals surface area contributed by atoms with Gasteiger partial charge in [0.2, 0.25) is 0 Å². The molecule has 1 fully saturated rings. The average molecular weight is 596 g/mol. The monoisotopic (exact) mass is 595 g/mol. The van der Waals surface area contributed by atoms with Crippen LogP contribution in [0.1, 0.15) is 43.4 Å². The molecule has 1 aliphatic carbocycles. The van der Waals surface area contributed by atoms with E-state index in [1.54, 1.807) is 11.8 Å². The van der Waals surface area contributed by atoms with Crippen LogP contribution in [0.2, 0.25) is 0 Å². The van der Waals surface area contributed by atoms with E-state index >= 15 is 0 Å². The van der Waals surface area contributed by atoms with E-state index < -0.39 is 56.2 Å². The Morgan fingerprint density at radius 1 is 1.10 bits per heavy atom. The summed E-state index contributed by atoms with van der Waals surface area (Å²) in [7, 11) is -4.41. The Hall–Kier alpha value is -2.84. The number of alkyl halides is 6. The summed E-state index contributed by atoms with van der Waals surface area (Å²) in [5.41, 5.74) is -6.74. The Kier molecular flexibility index (Phi) is 7.46. The number of likely N-dealkylation sites (tertiary alicyclic amines) is 1. The molecule has 2 aromatic rings. The summed E-state index contributed by atoms with van der Waals surface area (Å²) in [6.07, 6.45) is -12.5. The quantitative estimate of drug-likeness (QED) is 0.378. The normalized spacial score (nSPS) is 22.9. The smallest absolute Gasteiger partial charge is 0.430 e. The zero-order valence-corrected chi connectivity index (χ0v) is 22.2. The Balaban J connectivity index is 1.94. The molecule has 0 aromatic heterocycles. The first-order valence-electron chi connectivity index (χ1n) is 12.4. The lowest BCUT2D eigenvalue weighted by Gasteiger charge is -2.44. The lowest BCUT2D eigenvalue weighted by molar-refractivity contribution is -0.376. The molecule has 0 saturated carbocycles. The standard InChI is InChI=1S/C26H27F6NO6S/c1-3-39-22(35)15(2)33-13-12-23(40(37,38)19-8-6-18(34)7-9-19)20-10-5-17(14-16(20)4-11-21(23)33)24(36,25(27,28)29)26(30,31)32/h5-10,14-15,21,34,36H,3-4,11-13H2,1-2H3/t15?,21-,23-/m1/s1. The molecule has 1 unspecified atom stereocenters. The first-order valence-corrected chi connectivity index (χ1v) is 13.9. The number of hydrogen-bond donors (Lipinski definition) is 2. The zero-order valence-electron chi connectivity index (χ0n) is 21.4. The SMILES string of the molecule is CCOC(=O)C(C)N1CC[C@@]2(S(=O)(=O)c3ccc(O)cc3)c3ccc(C(O)(C(F)(F)F)C(F)(F)F)cc3CC[C@@H]12. The van der Waals surface area contributed by atoms with E-state index in [1.165, 1.54) is 6.92 Å². The van der Waals surface area contributed by atoms with Crippen LogP contribution >= 0.6 is 0 Å². The van der Waals surface area contributed by atoms with Gasteiger partial charge < -0.3 is 14.9 Å². The average Bonchev–Trinajstić information content (AvgIpc) is 3.28. The highest BCUT2D eigenvalue weighted by Crippen LogP contribution is 2.55. The molecule has 220 valence electrons. The first-order chi connectivity index (χ1) is 18.4. The number of aliphatic hydroxyl groups is 1. The van der Waals surface area contributed by atoms with Crippen LogP contribution in [-0.2, 0) is 36.1 Å². The number of sulfone groups is 1. The number of ether oxygens (including phenoxy) is 1. The second kappa shape index (κ2) is 9.91. The van der Waals surface area contributed by atoms with E-state index in [4.69, 9.17) is 4.74 Å². The van der Waals surface area contributed by atoms with E-state index in [2.05, 4.69) is 0 Å². The number of aryl methyl sites for hydroxylation is 1. The molecule has 0 bridgehead atoms. The van der Waals surface area contributed by atoms with Crippen LogP contribution in [0.4, 0.5) is 26.3 Å². The minimum Gasteiger partial charge on any atom is -0.508 e. The number of carbonyl (C=O) groups excluding carboxylic acids is 1. The molecule has 0 radical (unpaired) electrons. The Morgan fingerprint density at radius 2 is 1.70 bits per heavy atom. The van der Waals surface area contributed by atoms with Gasteiger partial charge in [-0.2, -0.15) is 26.3 Å². The van der Waals surface area contributed by atoms with Gasteiger partial charge in [0.25, 0.3) is 5.60 Å². The summed E-state index contributed by atoms with van der Waals surface area (Å²) < 4.78 is 113. The molecule has 0 amide bonds. The predicted octanol–water partition coefficient (Wildman–Crippen LogP) is 4.35. The van der Waals surface area contributed by atoms with Gasteiger partial charge in [0.1, 0.15) is 16.5 Å². The highest BCUT2D eigenvalue weighted by atomic mass is 32.2. The van der Waals surface area contributed by atoms with Crippen LogP contribution in [0.3, 0.4) is 0 Å². The number of nitrogens with zero attached hydrogens (tertiary/aromatic N) is 1. The number of esters is 1. The topological polar surface area (TPSA) is 104 Å². The molecule has 1 heterocycles. The maximum atomic E-state index is 14.3. The van der Waals surface area contributed by atoms with E-state index in [1.807, 2.05) is 0 Å². The van der Waals surface area contributed by atoms with Crippen molar-refractivity contribution >= 4 is 15.8 Å². The molecular weight excluding hydrogens is 568 g/mol. The Morgan fingerprint density at radius 3 is 2.25 bits per heavy atom. The summed E-state index contributed by atoms with van der Waals surface area (Å²) in [4.78, 5) is 14.0. The third-order valence-electron chi connectivity index (χ3n) is 7.92. The fourth-order valence-electron chi connectivity index (χ4n) is 5.97. The summed E-state index contributed by atoms with van der Waals surface area (Å²) in [5, 5.41) is 19.6. The van der Waals surface area contributed by atoms with Crippen molar-refractivity contribution in [1.29, 1.82) is 0 Å². The number of phenols is 1. The van der Waals surface area contributed by atoms with Gasteiger partial charge in [-0.15, -0.1) is 0 Å². The van der Waals surface area contributed by atoms with Gasteiger partial charge in [-0.05, 0) is 68.5 Å². The molecule has 0 spiro atoms. The van der Waals surface area contributed by atoms with Crippen molar-refractivity contribution in [2.24, 2.45) is 0 Å². The number of aromatic hydroxyl groups is 1. The lowest BCUT2D eigenvalue weighted by Crippen LogP contribution is -2.55. The number of halogens is 6. The van der Waals surface area contributed by atoms with E-state index in [9.17, 15) is 49.8 Å². The number of fused-ring (bicyclic) bond motifs is 3. The summed E-state index contributed by atoms with van der Waals surface area (Å²) >= 11 is 0. The predicted molar refractivity (Wildman–Crippen MR) is 129 cm³/mol. The highest BCUT2D eigenvalue weighted by Gasteiger charge is 2.71. The van der Waals surface area contributed by atoms with Gasteiger partial charge in [-0.25, -0.2) is 8.42 Å². The van der Waals surface area contributed by atoms with Crippen LogP contribution in [0.15, 0.2) is 47.4 Å². The van der Waals surface area contributed by atoms with Crippen LogP contribution in [-0.4, -0.2) is 67.1 Å². The minimum atomic E-state index is -6.11. The van der Waals surface area contributed by atoms with Crippen molar-refractivity contribution in [1.82, 2.24) is 4.90 Å². The summed E-state index contributed by atoms with van der Waals surface area (Å²) in [6.45, 7) is 3.28. The summed E-state index contributed by atoms with van der Waals surface area (Å²) in [6, 6.07) is 4.75. The van der Waals surface area contributed by atoms with Crippen LogP contribution in [0.25, 0.3) is 0 Å². The molecule has 7 nitrogen and oxygen atoms in total. The molecule has 4 rings (SSSR count). The third kappa shape index (κ3) is 4.35. The fourth-order valence-corrected chi connectivity index (χ4v) is 8.35. The molecule has 2 aromatic carbocycles. The first kappa shape index (κ1) is 30.1. The molecule has 40 heavy (non-hydrogen) atoms. The lowest BCUT2D eigenvalue weighted by atomic mass is 9.76. The van der Waals surface area contributed by atoms with Crippen molar-refractivity contribution in [2.75, 3.05) is 13.2 Å². The largest absolute Gasteiger partial charge is 0.508 e. The highest BCUT2D eigenvalue weighted by molar-refractivity contribution is 7.92. The molecule has 1 saturated heterocycles. The Labute approximate surface area is 226 Å². The second-order valence-corrected chi connectivity index (χ2v) is 12.1. The van der Waals surface area contributed by atoms with E-state index in [0.717, 1.165) is 30.3 Å². The third-order valence-corrected chi connectivity index (χ3v) is 10.5. The second-order valence-electron chi connectivity index (χ2n) is 9.94. The van der Waals surface area contributed by atoms with Crippen molar-refractivity contribution < 1.29 is 54.5 Å². The van der Waals surface area contributed by atoms with Crippen molar-refractivity contribution in [3.63, 3.8) is 0 Å². The van der Waals surface area contributed by atoms with Crippen molar-refractivity contribution in [2.45, 2.75) is 72.8 Å². The van der Waals surface area contributed by atoms with E-state index in [0.29, 0.717) is 12.1 Å². The van der Waals surface area contributed by atoms with Gasteiger partial charge in [-0.1, -0.05) is 18.2 Å². The van der Waals surface area contributed by atoms with Gasteiger partial charge in [0.05, 0.1) is 11.5 Å². The number of rotatable bonds is 6. The van der Waals surface area contributed by atoms with Crippen LogP contribution in [0.5, 0.6) is 5.75 Å².